The lowest BCUT2D eigenvalue weighted by molar-refractivity contribution is -0.134. The Bertz CT molecular complexity index is 459. The molecule has 1 atom stereocenters. The third kappa shape index (κ3) is 3.13. The minimum absolute atomic E-state index is 0.0132. The van der Waals surface area contributed by atoms with Gasteiger partial charge in [0, 0.05) is 39.3 Å². The molecule has 8 heteroatoms. The molecule has 0 aromatic rings. The standard InChI is InChI=1S/C12H21N3O4S/c16-12-9-19-10(7-13-12)8-14-3-5-15(6-4-14)20(17,18)11-1-2-11/h10-11H,1-9H2,(H,13,16). The predicted molar refractivity (Wildman–Crippen MR) is 72.7 cm³/mol. The summed E-state index contributed by atoms with van der Waals surface area (Å²) in [6, 6.07) is 0. The summed E-state index contributed by atoms with van der Waals surface area (Å²) in [5.41, 5.74) is 0. The number of sulfonamides is 1. The zero-order chi connectivity index (χ0) is 14.2. The number of nitrogens with one attached hydrogen (secondary N) is 1. The van der Waals surface area contributed by atoms with Gasteiger partial charge in [-0.15, -0.1) is 0 Å². The van der Waals surface area contributed by atoms with Gasteiger partial charge >= 0.3 is 0 Å². The van der Waals surface area contributed by atoms with E-state index >= 15 is 0 Å². The van der Waals surface area contributed by atoms with E-state index in [2.05, 4.69) is 10.2 Å². The molecule has 0 aromatic carbocycles. The van der Waals surface area contributed by atoms with E-state index in [1.54, 1.807) is 4.31 Å². The fourth-order valence-corrected chi connectivity index (χ4v) is 4.51. The summed E-state index contributed by atoms with van der Waals surface area (Å²) in [5.74, 6) is -0.0680. The minimum atomic E-state index is -3.03. The van der Waals surface area contributed by atoms with Gasteiger partial charge in [-0.2, -0.15) is 4.31 Å². The Morgan fingerprint density at radius 2 is 1.90 bits per heavy atom. The largest absolute Gasteiger partial charge is 0.365 e. The zero-order valence-corrected chi connectivity index (χ0v) is 12.3. The molecule has 3 rings (SSSR count). The fraction of sp³-hybridized carbons (Fsp3) is 0.917. The fourth-order valence-electron chi connectivity index (χ4n) is 2.68. The number of ether oxygens (including phenoxy) is 1. The van der Waals surface area contributed by atoms with E-state index in [0.29, 0.717) is 19.6 Å². The van der Waals surface area contributed by atoms with Gasteiger partial charge < -0.3 is 10.1 Å². The summed E-state index contributed by atoms with van der Waals surface area (Å²) in [6.07, 6.45) is 1.65. The minimum Gasteiger partial charge on any atom is -0.365 e. The molecule has 3 fully saturated rings. The third-order valence-corrected chi connectivity index (χ3v) is 6.47. The average Bonchev–Trinajstić information content (AvgIpc) is 3.27. The monoisotopic (exact) mass is 303 g/mol. The van der Waals surface area contributed by atoms with Gasteiger partial charge in [-0.3, -0.25) is 9.69 Å². The first-order valence-corrected chi connectivity index (χ1v) is 8.65. The average molecular weight is 303 g/mol. The summed E-state index contributed by atoms with van der Waals surface area (Å²) >= 11 is 0. The molecule has 2 heterocycles. The molecule has 1 aliphatic carbocycles. The lowest BCUT2D eigenvalue weighted by Gasteiger charge is -2.36. The van der Waals surface area contributed by atoms with Gasteiger partial charge in [-0.25, -0.2) is 8.42 Å². The topological polar surface area (TPSA) is 79.0 Å². The molecule has 1 amide bonds. The number of carbonyl (C=O) groups excluding carboxylic acids is 1. The van der Waals surface area contributed by atoms with Crippen LogP contribution >= 0.6 is 0 Å². The number of hydrogen-bond acceptors (Lipinski definition) is 5. The van der Waals surface area contributed by atoms with Crippen LogP contribution in [0.2, 0.25) is 0 Å². The van der Waals surface area contributed by atoms with Crippen molar-refractivity contribution in [3.63, 3.8) is 0 Å². The Morgan fingerprint density at radius 1 is 1.20 bits per heavy atom. The van der Waals surface area contributed by atoms with Gasteiger partial charge in [0.25, 0.3) is 0 Å². The van der Waals surface area contributed by atoms with Gasteiger partial charge in [-0.1, -0.05) is 0 Å². The van der Waals surface area contributed by atoms with Crippen molar-refractivity contribution in [1.29, 1.82) is 0 Å². The Kier molecular flexibility index (Phi) is 3.98. The van der Waals surface area contributed by atoms with Crippen LogP contribution in [0.5, 0.6) is 0 Å². The number of nitrogens with zero attached hydrogens (tertiary/aromatic N) is 2. The van der Waals surface area contributed by atoms with E-state index in [1.165, 1.54) is 0 Å². The van der Waals surface area contributed by atoms with Crippen molar-refractivity contribution in [2.24, 2.45) is 0 Å². The van der Waals surface area contributed by atoms with E-state index in [1.807, 2.05) is 0 Å². The SMILES string of the molecule is O=C1COC(CN2CCN(S(=O)(=O)C3CC3)CC2)CN1. The second-order valence-electron chi connectivity index (χ2n) is 5.68. The summed E-state index contributed by atoms with van der Waals surface area (Å²) in [7, 11) is -3.03. The van der Waals surface area contributed by atoms with Gasteiger partial charge in [0.1, 0.15) is 6.61 Å². The second kappa shape index (κ2) is 5.59. The molecule has 1 unspecified atom stereocenters. The molecule has 0 radical (unpaired) electrons. The molecule has 1 saturated carbocycles. The van der Waals surface area contributed by atoms with Gasteiger partial charge in [-0.05, 0) is 12.8 Å². The summed E-state index contributed by atoms with van der Waals surface area (Å²) < 4.78 is 31.3. The molecule has 0 spiro atoms. The quantitative estimate of drug-likeness (QED) is 0.692. The highest BCUT2D eigenvalue weighted by molar-refractivity contribution is 7.90. The maximum atomic E-state index is 12.1. The smallest absolute Gasteiger partial charge is 0.246 e. The van der Waals surface area contributed by atoms with Crippen molar-refractivity contribution in [1.82, 2.24) is 14.5 Å². The maximum Gasteiger partial charge on any atom is 0.246 e. The maximum absolute atomic E-state index is 12.1. The number of piperazine rings is 1. The Balaban J connectivity index is 1.45. The molecule has 2 saturated heterocycles. The second-order valence-corrected chi connectivity index (χ2v) is 7.89. The zero-order valence-electron chi connectivity index (χ0n) is 11.5. The van der Waals surface area contributed by atoms with Crippen molar-refractivity contribution >= 4 is 15.9 Å². The van der Waals surface area contributed by atoms with Crippen LogP contribution in [0.3, 0.4) is 0 Å². The summed E-state index contributed by atoms with van der Waals surface area (Å²) in [6.45, 7) is 4.02. The predicted octanol–water partition coefficient (Wildman–Crippen LogP) is -1.39. The van der Waals surface area contributed by atoms with Crippen LogP contribution in [-0.4, -0.2) is 80.8 Å². The highest BCUT2D eigenvalue weighted by atomic mass is 32.2. The molecule has 114 valence electrons. The molecule has 3 aliphatic rings. The highest BCUT2D eigenvalue weighted by Gasteiger charge is 2.41. The normalized spacial score (nSPS) is 30.2. The van der Waals surface area contributed by atoms with Crippen molar-refractivity contribution in [2.45, 2.75) is 24.2 Å². The Hall–Kier alpha value is -0.700. The van der Waals surface area contributed by atoms with Crippen LogP contribution < -0.4 is 5.32 Å². The van der Waals surface area contributed by atoms with Gasteiger partial charge in [0.2, 0.25) is 15.9 Å². The Morgan fingerprint density at radius 3 is 2.45 bits per heavy atom. The molecular formula is C12H21N3O4S. The summed E-state index contributed by atoms with van der Waals surface area (Å²) in [4.78, 5) is 13.2. The van der Waals surface area contributed by atoms with Crippen LogP contribution in [0.4, 0.5) is 0 Å². The van der Waals surface area contributed by atoms with Gasteiger partial charge in [0.05, 0.1) is 11.4 Å². The Labute approximate surface area is 119 Å². The van der Waals surface area contributed by atoms with Crippen LogP contribution in [0.25, 0.3) is 0 Å². The molecular weight excluding hydrogens is 282 g/mol. The molecule has 0 aromatic heterocycles. The van der Waals surface area contributed by atoms with E-state index < -0.39 is 10.0 Å². The number of amides is 1. The van der Waals surface area contributed by atoms with Crippen LogP contribution in [0.1, 0.15) is 12.8 Å². The first-order chi connectivity index (χ1) is 9.55. The van der Waals surface area contributed by atoms with Crippen LogP contribution in [-0.2, 0) is 19.6 Å². The molecule has 7 nitrogen and oxygen atoms in total. The van der Waals surface area contributed by atoms with Crippen molar-refractivity contribution in [3.8, 4) is 0 Å². The lowest BCUT2D eigenvalue weighted by atomic mass is 10.2. The summed E-state index contributed by atoms with van der Waals surface area (Å²) in [5, 5.41) is 2.66. The van der Waals surface area contributed by atoms with E-state index in [4.69, 9.17) is 4.74 Å². The lowest BCUT2D eigenvalue weighted by Crippen LogP contribution is -2.54. The number of morpholine rings is 1. The first kappa shape index (κ1) is 14.2. The highest BCUT2D eigenvalue weighted by Crippen LogP contribution is 2.31. The molecule has 20 heavy (non-hydrogen) atoms. The van der Waals surface area contributed by atoms with Crippen molar-refractivity contribution in [3.05, 3.63) is 0 Å². The van der Waals surface area contributed by atoms with E-state index in [-0.39, 0.29) is 23.9 Å². The van der Waals surface area contributed by atoms with Gasteiger partial charge in [0.15, 0.2) is 0 Å². The first-order valence-electron chi connectivity index (χ1n) is 7.15. The van der Waals surface area contributed by atoms with Crippen molar-refractivity contribution < 1.29 is 17.9 Å². The van der Waals surface area contributed by atoms with E-state index in [9.17, 15) is 13.2 Å². The molecule has 2 aliphatic heterocycles. The molecule has 1 N–H and O–H groups in total. The molecule has 0 bridgehead atoms. The number of carbonyl (C=O) groups is 1. The van der Waals surface area contributed by atoms with E-state index in [0.717, 1.165) is 32.5 Å². The third-order valence-electron chi connectivity index (χ3n) is 4.08. The number of hydrogen-bond donors (Lipinski definition) is 1. The van der Waals surface area contributed by atoms with Crippen LogP contribution in [0, 0.1) is 0 Å². The van der Waals surface area contributed by atoms with Crippen molar-refractivity contribution in [2.75, 3.05) is 45.9 Å². The number of rotatable bonds is 4. The van der Waals surface area contributed by atoms with Crippen LogP contribution in [0.15, 0.2) is 0 Å².